The summed E-state index contributed by atoms with van der Waals surface area (Å²) in [5.41, 5.74) is 4.59. The third-order valence-electron chi connectivity index (χ3n) is 5.84. The van der Waals surface area contributed by atoms with Gasteiger partial charge in [0.1, 0.15) is 0 Å². The number of nitrogens with one attached hydrogen (secondary N) is 3. The highest BCUT2D eigenvalue weighted by Gasteiger charge is 2.24. The summed E-state index contributed by atoms with van der Waals surface area (Å²) in [6, 6.07) is 23.9. The van der Waals surface area contributed by atoms with Crippen LogP contribution in [0.15, 0.2) is 83.9 Å². The molecule has 2 amide bonds. The Kier molecular flexibility index (Phi) is 5.45. The van der Waals surface area contributed by atoms with Crippen molar-refractivity contribution in [2.24, 2.45) is 0 Å². The molecule has 6 heteroatoms. The van der Waals surface area contributed by atoms with Gasteiger partial charge in [-0.2, -0.15) is 0 Å². The third kappa shape index (κ3) is 3.89. The predicted molar refractivity (Wildman–Crippen MR) is 129 cm³/mol. The first-order valence-electron chi connectivity index (χ1n) is 10.6. The molecular weight excluding hydrogens is 418 g/mol. The van der Waals surface area contributed by atoms with Gasteiger partial charge < -0.3 is 15.6 Å². The fourth-order valence-electron chi connectivity index (χ4n) is 4.12. The molecule has 4 aromatic rings. The number of aromatic amines is 1. The number of benzene rings is 3. The number of aromatic nitrogens is 1. The molecule has 0 saturated heterocycles. The van der Waals surface area contributed by atoms with Gasteiger partial charge in [0.25, 0.3) is 5.91 Å². The summed E-state index contributed by atoms with van der Waals surface area (Å²) in [6.45, 7) is 2.33. The van der Waals surface area contributed by atoms with Crippen LogP contribution in [0.3, 0.4) is 0 Å². The summed E-state index contributed by atoms with van der Waals surface area (Å²) in [7, 11) is 0. The van der Waals surface area contributed by atoms with Gasteiger partial charge in [0, 0.05) is 40.0 Å². The van der Waals surface area contributed by atoms with Gasteiger partial charge in [0.05, 0.1) is 10.9 Å². The van der Waals surface area contributed by atoms with Gasteiger partial charge in [-0.25, -0.2) is 0 Å². The first-order valence-corrected chi connectivity index (χ1v) is 11.5. The van der Waals surface area contributed by atoms with Gasteiger partial charge in [0.2, 0.25) is 5.91 Å². The highest BCUT2D eigenvalue weighted by atomic mass is 32.2. The maximum absolute atomic E-state index is 13.0. The molecule has 0 radical (unpaired) electrons. The lowest BCUT2D eigenvalue weighted by atomic mass is 9.91. The van der Waals surface area contributed by atoms with Gasteiger partial charge in [-0.05, 0) is 42.3 Å². The number of rotatable bonds is 5. The van der Waals surface area contributed by atoms with E-state index >= 15 is 0 Å². The van der Waals surface area contributed by atoms with Crippen LogP contribution in [0.2, 0.25) is 0 Å². The summed E-state index contributed by atoms with van der Waals surface area (Å²) in [5, 5.41) is 7.02. The van der Waals surface area contributed by atoms with E-state index in [1.807, 2.05) is 55.6 Å². The lowest BCUT2D eigenvalue weighted by Crippen LogP contribution is -2.30. The number of carbonyl (C=O) groups is 2. The predicted octanol–water partition coefficient (Wildman–Crippen LogP) is 5.16. The van der Waals surface area contributed by atoms with Crippen LogP contribution in [0.4, 0.5) is 5.69 Å². The van der Waals surface area contributed by atoms with E-state index in [-0.39, 0.29) is 23.0 Å². The van der Waals surface area contributed by atoms with Crippen LogP contribution in [0.25, 0.3) is 10.9 Å². The van der Waals surface area contributed by atoms with E-state index in [1.165, 1.54) is 11.8 Å². The third-order valence-corrected chi connectivity index (χ3v) is 7.02. The van der Waals surface area contributed by atoms with Gasteiger partial charge in [-0.15, -0.1) is 11.8 Å². The topological polar surface area (TPSA) is 74.0 Å². The number of anilines is 1. The first-order chi connectivity index (χ1) is 15.6. The fraction of sp³-hybridized carbons (Fsp3) is 0.154. The second-order valence-electron chi connectivity index (χ2n) is 7.92. The zero-order valence-corrected chi connectivity index (χ0v) is 18.4. The van der Waals surface area contributed by atoms with E-state index < -0.39 is 0 Å². The molecule has 5 rings (SSSR count). The quantitative estimate of drug-likeness (QED) is 0.400. The zero-order chi connectivity index (χ0) is 22.1. The largest absolute Gasteiger partial charge is 0.361 e. The molecule has 0 fully saturated rings. The lowest BCUT2D eigenvalue weighted by Gasteiger charge is -2.22. The molecule has 2 unspecified atom stereocenters. The molecule has 32 heavy (non-hydrogen) atoms. The van der Waals surface area contributed by atoms with E-state index in [0.29, 0.717) is 17.8 Å². The molecule has 2 atom stereocenters. The van der Waals surface area contributed by atoms with Crippen LogP contribution < -0.4 is 10.6 Å². The summed E-state index contributed by atoms with van der Waals surface area (Å²) < 4.78 is 0. The van der Waals surface area contributed by atoms with Gasteiger partial charge >= 0.3 is 0 Å². The Morgan fingerprint density at radius 2 is 1.84 bits per heavy atom. The van der Waals surface area contributed by atoms with Crippen molar-refractivity contribution in [1.82, 2.24) is 10.3 Å². The zero-order valence-electron chi connectivity index (χ0n) is 17.6. The van der Waals surface area contributed by atoms with E-state index in [2.05, 4.69) is 39.9 Å². The number of amides is 2. The van der Waals surface area contributed by atoms with Crippen molar-refractivity contribution in [3.05, 3.63) is 95.7 Å². The average molecular weight is 442 g/mol. The highest BCUT2D eigenvalue weighted by molar-refractivity contribution is 8.00. The van der Waals surface area contributed by atoms with Crippen LogP contribution in [0, 0.1) is 0 Å². The number of thioether (sulfide) groups is 1. The molecule has 1 aromatic heterocycles. The number of fused-ring (bicyclic) bond motifs is 2. The van der Waals surface area contributed by atoms with Crippen molar-refractivity contribution in [3.8, 4) is 0 Å². The molecule has 5 nitrogen and oxygen atoms in total. The van der Waals surface area contributed by atoms with Crippen LogP contribution in [-0.2, 0) is 4.79 Å². The Balaban J connectivity index is 1.40. The van der Waals surface area contributed by atoms with Crippen LogP contribution >= 0.6 is 11.8 Å². The Bertz CT molecular complexity index is 1300. The van der Waals surface area contributed by atoms with Crippen molar-refractivity contribution in [2.45, 2.75) is 23.0 Å². The maximum atomic E-state index is 13.0. The molecule has 2 heterocycles. The highest BCUT2D eigenvalue weighted by Crippen LogP contribution is 2.36. The summed E-state index contributed by atoms with van der Waals surface area (Å²) in [6.07, 6.45) is 2.03. The molecule has 1 aliphatic heterocycles. The minimum atomic E-state index is -0.161. The van der Waals surface area contributed by atoms with Crippen molar-refractivity contribution < 1.29 is 9.59 Å². The summed E-state index contributed by atoms with van der Waals surface area (Å²) >= 11 is 1.51. The Morgan fingerprint density at radius 1 is 1.06 bits per heavy atom. The van der Waals surface area contributed by atoms with Gasteiger partial charge in [-0.1, -0.05) is 48.5 Å². The molecular formula is C26H23N3O2S. The second kappa shape index (κ2) is 8.55. The van der Waals surface area contributed by atoms with Gasteiger partial charge in [0.15, 0.2) is 0 Å². The van der Waals surface area contributed by atoms with Crippen molar-refractivity contribution >= 4 is 40.2 Å². The molecule has 3 aromatic carbocycles. The Morgan fingerprint density at radius 3 is 2.69 bits per heavy atom. The summed E-state index contributed by atoms with van der Waals surface area (Å²) in [5.74, 6) is -0.194. The van der Waals surface area contributed by atoms with E-state index in [0.717, 1.165) is 26.9 Å². The van der Waals surface area contributed by atoms with Gasteiger partial charge in [-0.3, -0.25) is 9.59 Å². The second-order valence-corrected chi connectivity index (χ2v) is 9.31. The molecule has 1 aliphatic rings. The van der Waals surface area contributed by atoms with E-state index in [4.69, 9.17) is 0 Å². The molecule has 160 valence electrons. The van der Waals surface area contributed by atoms with Crippen LogP contribution in [0.1, 0.15) is 34.3 Å². The fourth-order valence-corrected chi connectivity index (χ4v) is 5.05. The molecule has 0 saturated carbocycles. The van der Waals surface area contributed by atoms with Crippen LogP contribution in [0.5, 0.6) is 0 Å². The Hall–Kier alpha value is -3.51. The molecule has 3 N–H and O–H groups in total. The lowest BCUT2D eigenvalue weighted by molar-refractivity contribution is -0.115. The maximum Gasteiger partial charge on any atom is 0.251 e. The van der Waals surface area contributed by atoms with Crippen molar-refractivity contribution in [3.63, 3.8) is 0 Å². The number of hydrogen-bond donors (Lipinski definition) is 3. The minimum absolute atomic E-state index is 0.00466. The van der Waals surface area contributed by atoms with E-state index in [9.17, 15) is 9.59 Å². The summed E-state index contributed by atoms with van der Waals surface area (Å²) in [4.78, 5) is 29.3. The molecule has 0 bridgehead atoms. The number of H-pyrrole nitrogens is 1. The SMILES string of the molecule is CC1Sc2ccc(C(=O)NCC(c3ccccc3)c3c[nH]c4ccccc34)cc2NC1=O. The standard InChI is InChI=1S/C26H23N3O2S/c1-16-25(30)29-23-13-18(11-12-24(23)32-16)26(31)28-14-20(17-7-3-2-4-8-17)21-15-27-22-10-6-5-9-19(21)22/h2-13,15-16,20,27H,14H2,1H3,(H,28,31)(H,29,30). The number of hydrogen-bond acceptors (Lipinski definition) is 3. The molecule has 0 spiro atoms. The number of carbonyl (C=O) groups excluding carboxylic acids is 2. The monoisotopic (exact) mass is 441 g/mol. The van der Waals surface area contributed by atoms with E-state index in [1.54, 1.807) is 6.07 Å². The number of para-hydroxylation sites is 1. The molecule has 0 aliphatic carbocycles. The Labute approximate surface area is 190 Å². The van der Waals surface area contributed by atoms with Crippen molar-refractivity contribution in [1.29, 1.82) is 0 Å². The average Bonchev–Trinajstić information content (AvgIpc) is 3.24. The minimum Gasteiger partial charge on any atom is -0.361 e. The van der Waals surface area contributed by atoms with Crippen molar-refractivity contribution in [2.75, 3.05) is 11.9 Å². The normalized spacial score (nSPS) is 16.3. The first kappa shape index (κ1) is 20.4. The smallest absolute Gasteiger partial charge is 0.251 e. The van der Waals surface area contributed by atoms with Crippen LogP contribution in [-0.4, -0.2) is 28.6 Å².